The van der Waals surface area contributed by atoms with Crippen molar-refractivity contribution >= 4 is 23.2 Å². The number of hydrogen-bond acceptors (Lipinski definition) is 5. The number of rotatable bonds is 4. The molecule has 0 radical (unpaired) electrons. The van der Waals surface area contributed by atoms with Crippen LogP contribution in [0.15, 0.2) is 36.4 Å². The van der Waals surface area contributed by atoms with Crippen molar-refractivity contribution in [2.45, 2.75) is 19.8 Å². The molecule has 2 aromatic heterocycles. The topological polar surface area (TPSA) is 71.8 Å². The fourth-order valence-corrected chi connectivity index (χ4v) is 3.65. The molecular formula is C20H22FN5O2. The van der Waals surface area contributed by atoms with E-state index in [0.717, 1.165) is 36.7 Å². The fourth-order valence-electron chi connectivity index (χ4n) is 3.65. The number of halogens is 1. The zero-order chi connectivity index (χ0) is 19.7. The van der Waals surface area contributed by atoms with Crippen LogP contribution in [0.5, 0.6) is 5.75 Å². The molecular weight excluding hydrogens is 361 g/mol. The first-order valence-corrected chi connectivity index (χ1v) is 9.27. The lowest BCUT2D eigenvalue weighted by atomic mass is 9.97. The molecule has 1 aromatic carbocycles. The Morgan fingerprint density at radius 2 is 2.14 bits per heavy atom. The van der Waals surface area contributed by atoms with E-state index in [9.17, 15) is 9.18 Å². The maximum absolute atomic E-state index is 13.9. The van der Waals surface area contributed by atoms with Crippen molar-refractivity contribution in [3.8, 4) is 5.75 Å². The predicted molar refractivity (Wildman–Crippen MR) is 104 cm³/mol. The summed E-state index contributed by atoms with van der Waals surface area (Å²) >= 11 is 0. The van der Waals surface area contributed by atoms with E-state index in [4.69, 9.17) is 4.74 Å². The van der Waals surface area contributed by atoms with Crippen molar-refractivity contribution < 1.29 is 13.9 Å². The maximum atomic E-state index is 13.9. The zero-order valence-corrected chi connectivity index (χ0v) is 15.9. The smallest absolute Gasteiger partial charge is 0.231 e. The van der Waals surface area contributed by atoms with E-state index in [0.29, 0.717) is 12.2 Å². The molecule has 0 aliphatic carbocycles. The number of ether oxygens (including phenoxy) is 1. The zero-order valence-electron chi connectivity index (χ0n) is 15.9. The Morgan fingerprint density at radius 1 is 1.29 bits per heavy atom. The van der Waals surface area contributed by atoms with E-state index in [1.54, 1.807) is 6.07 Å². The Labute approximate surface area is 162 Å². The van der Waals surface area contributed by atoms with Gasteiger partial charge in [-0.15, -0.1) is 10.2 Å². The number of hydrogen-bond donors (Lipinski definition) is 1. The van der Waals surface area contributed by atoms with Crippen LogP contribution in [-0.4, -0.2) is 40.7 Å². The van der Waals surface area contributed by atoms with Gasteiger partial charge in [-0.3, -0.25) is 9.20 Å². The largest absolute Gasteiger partial charge is 0.494 e. The van der Waals surface area contributed by atoms with Crippen molar-refractivity contribution in [1.82, 2.24) is 14.6 Å². The number of aromatic nitrogens is 3. The highest BCUT2D eigenvalue weighted by Gasteiger charge is 2.28. The summed E-state index contributed by atoms with van der Waals surface area (Å²) in [7, 11) is 1.41. The number of nitrogens with zero attached hydrogens (tertiary/aromatic N) is 4. The Kier molecular flexibility index (Phi) is 4.85. The molecule has 8 heteroatoms. The lowest BCUT2D eigenvalue weighted by molar-refractivity contribution is -0.120. The van der Waals surface area contributed by atoms with Gasteiger partial charge in [0, 0.05) is 30.5 Å². The molecule has 0 spiro atoms. The quantitative estimate of drug-likeness (QED) is 0.750. The minimum absolute atomic E-state index is 0.125. The number of nitrogens with one attached hydrogen (secondary N) is 1. The summed E-state index contributed by atoms with van der Waals surface area (Å²) < 4.78 is 20.8. The minimum Gasteiger partial charge on any atom is -0.494 e. The van der Waals surface area contributed by atoms with Crippen LogP contribution in [0.3, 0.4) is 0 Å². The number of benzene rings is 1. The van der Waals surface area contributed by atoms with Crippen LogP contribution in [0.1, 0.15) is 18.5 Å². The molecule has 1 aliphatic rings. The van der Waals surface area contributed by atoms with Crippen molar-refractivity contribution in [3.63, 3.8) is 0 Å². The third-order valence-electron chi connectivity index (χ3n) is 5.10. The van der Waals surface area contributed by atoms with Crippen LogP contribution in [0, 0.1) is 18.7 Å². The van der Waals surface area contributed by atoms with Gasteiger partial charge in [-0.25, -0.2) is 4.39 Å². The van der Waals surface area contributed by atoms with Gasteiger partial charge in [0.25, 0.3) is 0 Å². The number of piperidine rings is 1. The van der Waals surface area contributed by atoms with E-state index in [1.807, 2.05) is 29.5 Å². The van der Waals surface area contributed by atoms with E-state index in [1.165, 1.54) is 19.2 Å². The maximum Gasteiger partial charge on any atom is 0.231 e. The molecule has 1 N–H and O–H groups in total. The molecule has 1 aliphatic heterocycles. The summed E-state index contributed by atoms with van der Waals surface area (Å²) in [6.45, 7) is 3.36. The Bertz CT molecular complexity index is 1020. The number of aryl methyl sites for hydroxylation is 1. The average molecular weight is 383 g/mol. The SMILES string of the molecule is COc1ccc(NC(=O)C2CCCN(c3nnc4cccc(C)n34)C2)cc1F. The molecule has 1 unspecified atom stereocenters. The first-order chi connectivity index (χ1) is 13.6. The molecule has 1 atom stereocenters. The summed E-state index contributed by atoms with van der Waals surface area (Å²) in [5.74, 6) is 0.0584. The van der Waals surface area contributed by atoms with Crippen LogP contribution >= 0.6 is 0 Å². The van der Waals surface area contributed by atoms with Crippen molar-refractivity contribution in [3.05, 3.63) is 47.9 Å². The van der Waals surface area contributed by atoms with Crippen molar-refractivity contribution in [2.24, 2.45) is 5.92 Å². The lowest BCUT2D eigenvalue weighted by Gasteiger charge is -2.32. The molecule has 1 amide bonds. The van der Waals surface area contributed by atoms with Gasteiger partial charge in [0.2, 0.25) is 11.9 Å². The van der Waals surface area contributed by atoms with E-state index < -0.39 is 5.82 Å². The predicted octanol–water partition coefficient (Wildman–Crippen LogP) is 3.04. The van der Waals surface area contributed by atoms with Gasteiger partial charge in [-0.2, -0.15) is 0 Å². The van der Waals surface area contributed by atoms with Gasteiger partial charge in [-0.05, 0) is 44.0 Å². The highest BCUT2D eigenvalue weighted by molar-refractivity contribution is 5.93. The number of carbonyl (C=O) groups excluding carboxylic acids is 1. The molecule has 4 rings (SSSR count). The summed E-state index contributed by atoms with van der Waals surface area (Å²) in [4.78, 5) is 14.8. The average Bonchev–Trinajstić information content (AvgIpc) is 3.14. The number of amides is 1. The second kappa shape index (κ2) is 7.46. The second-order valence-corrected chi connectivity index (χ2v) is 6.98. The number of carbonyl (C=O) groups is 1. The molecule has 3 heterocycles. The molecule has 0 saturated carbocycles. The van der Waals surface area contributed by atoms with Gasteiger partial charge in [0.15, 0.2) is 17.2 Å². The third kappa shape index (κ3) is 3.37. The highest BCUT2D eigenvalue weighted by Crippen LogP contribution is 2.25. The summed E-state index contributed by atoms with van der Waals surface area (Å²) in [6.07, 6.45) is 1.65. The molecule has 146 valence electrons. The molecule has 1 fully saturated rings. The third-order valence-corrected chi connectivity index (χ3v) is 5.10. The normalized spacial score (nSPS) is 17.0. The van der Waals surface area contributed by atoms with Gasteiger partial charge in [0.1, 0.15) is 0 Å². The van der Waals surface area contributed by atoms with E-state index >= 15 is 0 Å². The van der Waals surface area contributed by atoms with Gasteiger partial charge < -0.3 is 15.0 Å². The first-order valence-electron chi connectivity index (χ1n) is 9.27. The van der Waals surface area contributed by atoms with Crippen LogP contribution in [0.25, 0.3) is 5.65 Å². The van der Waals surface area contributed by atoms with Crippen LogP contribution in [-0.2, 0) is 4.79 Å². The molecule has 7 nitrogen and oxygen atoms in total. The van der Waals surface area contributed by atoms with Gasteiger partial charge in [-0.1, -0.05) is 6.07 Å². The van der Waals surface area contributed by atoms with Gasteiger partial charge >= 0.3 is 0 Å². The fraction of sp³-hybridized carbons (Fsp3) is 0.350. The number of methoxy groups -OCH3 is 1. The van der Waals surface area contributed by atoms with Crippen LogP contribution in [0.4, 0.5) is 16.0 Å². The molecule has 28 heavy (non-hydrogen) atoms. The lowest BCUT2D eigenvalue weighted by Crippen LogP contribution is -2.41. The molecule has 1 saturated heterocycles. The van der Waals surface area contributed by atoms with E-state index in [-0.39, 0.29) is 17.6 Å². The standard InChI is InChI=1S/C20H22FN5O2/c1-13-5-3-7-18-23-24-20(26(13)18)25-10-4-6-14(12-25)19(27)22-15-8-9-17(28-2)16(21)11-15/h3,5,7-9,11,14H,4,6,10,12H2,1-2H3,(H,22,27). The van der Waals surface area contributed by atoms with Crippen LogP contribution in [0.2, 0.25) is 0 Å². The Morgan fingerprint density at radius 3 is 2.93 bits per heavy atom. The number of pyridine rings is 1. The highest BCUT2D eigenvalue weighted by atomic mass is 19.1. The summed E-state index contributed by atoms with van der Waals surface area (Å²) in [5.41, 5.74) is 2.25. The van der Waals surface area contributed by atoms with Gasteiger partial charge in [0.05, 0.1) is 13.0 Å². The van der Waals surface area contributed by atoms with Crippen molar-refractivity contribution in [1.29, 1.82) is 0 Å². The molecule has 0 bridgehead atoms. The molecule has 3 aromatic rings. The second-order valence-electron chi connectivity index (χ2n) is 6.98. The van der Waals surface area contributed by atoms with E-state index in [2.05, 4.69) is 20.4 Å². The monoisotopic (exact) mass is 383 g/mol. The Balaban J connectivity index is 1.50. The number of anilines is 2. The summed E-state index contributed by atoms with van der Waals surface area (Å²) in [5, 5.41) is 11.4. The summed E-state index contributed by atoms with van der Waals surface area (Å²) in [6, 6.07) is 10.3. The first kappa shape index (κ1) is 18.2. The van der Waals surface area contributed by atoms with Crippen molar-refractivity contribution in [2.75, 3.05) is 30.4 Å². The number of fused-ring (bicyclic) bond motifs is 1. The minimum atomic E-state index is -0.504. The van der Waals surface area contributed by atoms with Crippen LogP contribution < -0.4 is 15.0 Å². The Hall–Kier alpha value is -3.16.